The van der Waals surface area contributed by atoms with Crippen LogP contribution in [-0.4, -0.2) is 35.6 Å². The molecule has 1 heterocycles. The topological polar surface area (TPSA) is 39.1 Å². The summed E-state index contributed by atoms with van der Waals surface area (Å²) in [7, 11) is 2.01. The Kier molecular flexibility index (Phi) is 7.97. The van der Waals surface area contributed by atoms with Crippen molar-refractivity contribution in [2.45, 2.75) is 72.1 Å². The molecule has 0 amide bonds. The smallest absolute Gasteiger partial charge is 0.0754 e. The second-order valence-corrected chi connectivity index (χ2v) is 6.02. The van der Waals surface area contributed by atoms with E-state index in [0.717, 1.165) is 31.6 Å². The lowest BCUT2D eigenvalue weighted by molar-refractivity contribution is 0.00510. The van der Waals surface area contributed by atoms with Crippen LogP contribution in [0.3, 0.4) is 0 Å². The van der Waals surface area contributed by atoms with E-state index in [-0.39, 0.29) is 6.10 Å². The van der Waals surface area contributed by atoms with E-state index in [0.29, 0.717) is 18.0 Å². The molecular weight excluding hydrogens is 262 g/mol. The third-order valence-electron chi connectivity index (χ3n) is 4.19. The zero-order chi connectivity index (χ0) is 15.8. The number of aromatic nitrogens is 2. The monoisotopic (exact) mass is 295 g/mol. The van der Waals surface area contributed by atoms with E-state index in [4.69, 9.17) is 9.84 Å². The molecule has 0 saturated carbocycles. The molecule has 0 saturated heterocycles. The molecule has 0 aromatic carbocycles. The average molecular weight is 295 g/mol. The Hall–Kier alpha value is -0.870. The molecule has 2 unspecified atom stereocenters. The molecule has 4 heteroatoms. The summed E-state index contributed by atoms with van der Waals surface area (Å²) >= 11 is 0. The molecule has 0 spiro atoms. The Labute approximate surface area is 130 Å². The van der Waals surface area contributed by atoms with Crippen LogP contribution in [0.25, 0.3) is 0 Å². The van der Waals surface area contributed by atoms with Crippen molar-refractivity contribution in [1.29, 1.82) is 0 Å². The Balaban J connectivity index is 2.77. The molecule has 0 fully saturated rings. The highest BCUT2D eigenvalue weighted by molar-refractivity contribution is 5.03. The van der Waals surface area contributed by atoms with Crippen molar-refractivity contribution in [1.82, 2.24) is 15.1 Å². The van der Waals surface area contributed by atoms with E-state index in [1.165, 1.54) is 0 Å². The van der Waals surface area contributed by atoms with Crippen LogP contribution in [0.2, 0.25) is 0 Å². The molecule has 1 N–H and O–H groups in total. The van der Waals surface area contributed by atoms with Crippen LogP contribution >= 0.6 is 0 Å². The fourth-order valence-corrected chi connectivity index (χ4v) is 2.93. The highest BCUT2D eigenvalue weighted by Crippen LogP contribution is 2.18. The minimum Gasteiger partial charge on any atom is -0.377 e. The molecular formula is C17H33N3O. The Morgan fingerprint density at radius 1 is 1.24 bits per heavy atom. The first-order chi connectivity index (χ1) is 10.1. The molecule has 4 nitrogen and oxygen atoms in total. The number of likely N-dealkylation sites (N-methyl/N-ethyl adjacent to an activating group) is 1. The van der Waals surface area contributed by atoms with Gasteiger partial charge < -0.3 is 10.1 Å². The molecule has 1 aromatic heterocycles. The highest BCUT2D eigenvalue weighted by Gasteiger charge is 2.24. The molecule has 21 heavy (non-hydrogen) atoms. The summed E-state index contributed by atoms with van der Waals surface area (Å²) in [5.74, 6) is 0.489. The number of nitrogens with zero attached hydrogens (tertiary/aromatic N) is 2. The summed E-state index contributed by atoms with van der Waals surface area (Å²) in [5, 5.41) is 8.17. The third-order valence-corrected chi connectivity index (χ3v) is 4.19. The van der Waals surface area contributed by atoms with Crippen molar-refractivity contribution in [3.05, 3.63) is 18.0 Å². The first-order valence-electron chi connectivity index (χ1n) is 8.40. The molecule has 0 radical (unpaired) electrons. The van der Waals surface area contributed by atoms with Gasteiger partial charge in [0.05, 0.1) is 17.8 Å². The van der Waals surface area contributed by atoms with E-state index in [2.05, 4.69) is 56.9 Å². The van der Waals surface area contributed by atoms with Gasteiger partial charge in [0.25, 0.3) is 0 Å². The van der Waals surface area contributed by atoms with Gasteiger partial charge in [-0.25, -0.2) is 0 Å². The van der Waals surface area contributed by atoms with E-state index in [1.807, 2.05) is 7.05 Å². The maximum atomic E-state index is 5.93. The van der Waals surface area contributed by atoms with E-state index in [1.54, 1.807) is 0 Å². The maximum absolute atomic E-state index is 5.93. The van der Waals surface area contributed by atoms with Gasteiger partial charge in [0.1, 0.15) is 0 Å². The van der Waals surface area contributed by atoms with Crippen molar-refractivity contribution >= 4 is 0 Å². The summed E-state index contributed by atoms with van der Waals surface area (Å²) in [6.07, 6.45) is 5.50. The Morgan fingerprint density at radius 2 is 1.90 bits per heavy atom. The first-order valence-corrected chi connectivity index (χ1v) is 8.40. The molecule has 122 valence electrons. The van der Waals surface area contributed by atoms with Gasteiger partial charge in [-0.3, -0.25) is 4.68 Å². The molecule has 0 bridgehead atoms. The van der Waals surface area contributed by atoms with Crippen LogP contribution in [0.4, 0.5) is 0 Å². The fraction of sp³-hybridized carbons (Fsp3) is 0.824. The highest BCUT2D eigenvalue weighted by atomic mass is 16.5. The lowest BCUT2D eigenvalue weighted by Gasteiger charge is -2.29. The van der Waals surface area contributed by atoms with Gasteiger partial charge in [-0.2, -0.15) is 5.10 Å². The van der Waals surface area contributed by atoms with E-state index < -0.39 is 0 Å². The zero-order valence-electron chi connectivity index (χ0n) is 14.6. The van der Waals surface area contributed by atoms with Gasteiger partial charge in [-0.05, 0) is 38.8 Å². The van der Waals surface area contributed by atoms with Crippen LogP contribution in [0.1, 0.15) is 59.2 Å². The van der Waals surface area contributed by atoms with Gasteiger partial charge in [0, 0.05) is 25.3 Å². The lowest BCUT2D eigenvalue weighted by Crippen LogP contribution is -2.44. The average Bonchev–Trinajstić information content (AvgIpc) is 2.92. The molecule has 2 atom stereocenters. The van der Waals surface area contributed by atoms with Crippen LogP contribution in [0.15, 0.2) is 12.3 Å². The largest absolute Gasteiger partial charge is 0.377 e. The normalized spacial score (nSPS) is 14.9. The van der Waals surface area contributed by atoms with Gasteiger partial charge in [-0.1, -0.05) is 27.7 Å². The number of rotatable bonds is 10. The van der Waals surface area contributed by atoms with Crippen LogP contribution in [0.5, 0.6) is 0 Å². The standard InChI is InChI=1S/C17H33N3O/c1-7-15(8-2)20-11-10-14(19-20)12-16(18-6)17(13(4)5)21-9-3/h10-11,13,15-18H,7-9,12H2,1-6H3. The van der Waals surface area contributed by atoms with Crippen molar-refractivity contribution in [3.8, 4) is 0 Å². The van der Waals surface area contributed by atoms with Crippen molar-refractivity contribution < 1.29 is 4.74 Å². The zero-order valence-corrected chi connectivity index (χ0v) is 14.6. The summed E-state index contributed by atoms with van der Waals surface area (Å²) in [4.78, 5) is 0. The maximum Gasteiger partial charge on any atom is 0.0754 e. The minimum absolute atomic E-state index is 0.221. The predicted octanol–water partition coefficient (Wildman–Crippen LogP) is 3.44. The quantitative estimate of drug-likeness (QED) is 0.718. The van der Waals surface area contributed by atoms with Crippen LogP contribution in [-0.2, 0) is 11.2 Å². The van der Waals surface area contributed by atoms with Crippen molar-refractivity contribution in [2.24, 2.45) is 5.92 Å². The Bertz CT molecular complexity index is 385. The van der Waals surface area contributed by atoms with Gasteiger partial charge in [0.15, 0.2) is 0 Å². The van der Waals surface area contributed by atoms with Gasteiger partial charge in [0.2, 0.25) is 0 Å². The minimum atomic E-state index is 0.221. The van der Waals surface area contributed by atoms with E-state index >= 15 is 0 Å². The summed E-state index contributed by atoms with van der Waals surface area (Å²) in [5.41, 5.74) is 1.15. The number of hydrogen-bond donors (Lipinski definition) is 1. The predicted molar refractivity (Wildman–Crippen MR) is 88.6 cm³/mol. The van der Waals surface area contributed by atoms with Gasteiger partial charge in [-0.15, -0.1) is 0 Å². The Morgan fingerprint density at radius 3 is 2.38 bits per heavy atom. The number of hydrogen-bond acceptors (Lipinski definition) is 3. The number of nitrogens with one attached hydrogen (secondary N) is 1. The fourth-order valence-electron chi connectivity index (χ4n) is 2.93. The lowest BCUT2D eigenvalue weighted by atomic mass is 9.96. The second-order valence-electron chi connectivity index (χ2n) is 6.02. The summed E-state index contributed by atoms with van der Waals surface area (Å²) in [6, 6.07) is 2.96. The SMILES string of the molecule is CCOC(C(C)C)C(Cc1ccn(C(CC)CC)n1)NC. The summed E-state index contributed by atoms with van der Waals surface area (Å²) < 4.78 is 8.05. The van der Waals surface area contributed by atoms with Gasteiger partial charge >= 0.3 is 0 Å². The number of ether oxygens (including phenoxy) is 1. The second kappa shape index (κ2) is 9.21. The van der Waals surface area contributed by atoms with Crippen LogP contribution < -0.4 is 5.32 Å². The van der Waals surface area contributed by atoms with Crippen LogP contribution in [0, 0.1) is 5.92 Å². The molecule has 1 aromatic rings. The van der Waals surface area contributed by atoms with Crippen molar-refractivity contribution in [2.75, 3.05) is 13.7 Å². The molecule has 0 aliphatic heterocycles. The van der Waals surface area contributed by atoms with E-state index in [9.17, 15) is 0 Å². The summed E-state index contributed by atoms with van der Waals surface area (Å²) in [6.45, 7) is 11.7. The molecule has 0 aliphatic rings. The molecule has 1 rings (SSSR count). The van der Waals surface area contributed by atoms with Crippen molar-refractivity contribution in [3.63, 3.8) is 0 Å². The third kappa shape index (κ3) is 5.11. The first kappa shape index (κ1) is 18.2. The molecule has 0 aliphatic carbocycles.